The Morgan fingerprint density at radius 1 is 0.938 bits per heavy atom. The lowest BCUT2D eigenvalue weighted by atomic mass is 10.1. The largest absolute Gasteiger partial charge is 0.274 e. The SMILES string of the molecule is Cc1ccc(CN(C2CC(=O)N(c3ccccc3)C2=O)S(=O)(=O)c2ccc(Br)cc2)cc1. The molecule has 164 valence electrons. The molecule has 1 heterocycles. The van der Waals surface area contributed by atoms with Gasteiger partial charge in [-0.25, -0.2) is 13.3 Å². The van der Waals surface area contributed by atoms with Gasteiger partial charge in [0.15, 0.2) is 0 Å². The summed E-state index contributed by atoms with van der Waals surface area (Å²) < 4.78 is 29.1. The van der Waals surface area contributed by atoms with Crippen molar-refractivity contribution in [1.29, 1.82) is 0 Å². The molecule has 3 aromatic carbocycles. The van der Waals surface area contributed by atoms with Gasteiger partial charge >= 0.3 is 0 Å². The zero-order chi connectivity index (χ0) is 22.9. The first-order chi connectivity index (χ1) is 15.3. The molecule has 1 aliphatic rings. The summed E-state index contributed by atoms with van der Waals surface area (Å²) in [5, 5.41) is 0. The average molecular weight is 513 g/mol. The molecule has 0 saturated carbocycles. The molecule has 1 saturated heterocycles. The first-order valence-electron chi connectivity index (χ1n) is 10.0. The van der Waals surface area contributed by atoms with Crippen LogP contribution < -0.4 is 4.90 Å². The number of aryl methyl sites for hydroxylation is 1. The Kier molecular flexibility index (Phi) is 6.28. The van der Waals surface area contributed by atoms with Crippen LogP contribution in [0.4, 0.5) is 5.69 Å². The summed E-state index contributed by atoms with van der Waals surface area (Å²) >= 11 is 3.31. The van der Waals surface area contributed by atoms with E-state index in [9.17, 15) is 18.0 Å². The number of carbonyl (C=O) groups excluding carboxylic acids is 2. The van der Waals surface area contributed by atoms with E-state index in [1.54, 1.807) is 42.5 Å². The van der Waals surface area contributed by atoms with Crippen LogP contribution in [0.3, 0.4) is 0 Å². The number of rotatable bonds is 6. The van der Waals surface area contributed by atoms with Crippen LogP contribution in [0.1, 0.15) is 17.5 Å². The Bertz CT molecular complexity index is 1240. The topological polar surface area (TPSA) is 74.8 Å². The molecule has 1 unspecified atom stereocenters. The maximum absolute atomic E-state index is 13.6. The number of carbonyl (C=O) groups is 2. The van der Waals surface area contributed by atoms with Gasteiger partial charge in [-0.2, -0.15) is 4.31 Å². The van der Waals surface area contributed by atoms with Gasteiger partial charge in [0.1, 0.15) is 6.04 Å². The molecule has 1 aliphatic heterocycles. The van der Waals surface area contributed by atoms with Crippen molar-refractivity contribution in [2.75, 3.05) is 4.90 Å². The second kappa shape index (κ2) is 8.97. The molecule has 8 heteroatoms. The minimum absolute atomic E-state index is 0.0228. The van der Waals surface area contributed by atoms with Crippen LogP contribution >= 0.6 is 15.9 Å². The van der Waals surface area contributed by atoms with Gasteiger partial charge in [-0.05, 0) is 48.9 Å². The number of para-hydroxylation sites is 1. The van der Waals surface area contributed by atoms with Crippen molar-refractivity contribution in [1.82, 2.24) is 4.31 Å². The minimum Gasteiger partial charge on any atom is -0.274 e. The van der Waals surface area contributed by atoms with E-state index in [0.29, 0.717) is 5.69 Å². The van der Waals surface area contributed by atoms with Crippen LogP contribution in [0, 0.1) is 6.92 Å². The highest BCUT2D eigenvalue weighted by molar-refractivity contribution is 9.10. The highest BCUT2D eigenvalue weighted by atomic mass is 79.9. The van der Waals surface area contributed by atoms with Crippen LogP contribution in [0.15, 0.2) is 88.2 Å². The highest BCUT2D eigenvalue weighted by Crippen LogP contribution is 2.31. The molecule has 2 amide bonds. The zero-order valence-corrected chi connectivity index (χ0v) is 19.7. The standard InChI is InChI=1S/C24H21BrN2O4S/c1-17-7-9-18(10-8-17)16-26(32(30,31)21-13-11-19(25)12-14-21)22-15-23(28)27(24(22)29)20-5-3-2-4-6-20/h2-14,22H,15-16H2,1H3. The summed E-state index contributed by atoms with van der Waals surface area (Å²) in [6, 6.07) is 21.1. The van der Waals surface area contributed by atoms with E-state index in [4.69, 9.17) is 0 Å². The van der Waals surface area contributed by atoms with Gasteiger partial charge in [-0.1, -0.05) is 64.0 Å². The summed E-state index contributed by atoms with van der Waals surface area (Å²) in [6.45, 7) is 1.92. The lowest BCUT2D eigenvalue weighted by Crippen LogP contribution is -2.45. The Morgan fingerprint density at radius 2 is 1.56 bits per heavy atom. The fourth-order valence-corrected chi connectivity index (χ4v) is 5.50. The molecule has 4 rings (SSSR count). The third-order valence-corrected chi connectivity index (χ3v) is 7.76. The number of imide groups is 1. The molecule has 0 aromatic heterocycles. The van der Waals surface area contributed by atoms with Crippen LogP contribution in [0.25, 0.3) is 0 Å². The van der Waals surface area contributed by atoms with Gasteiger partial charge in [0.25, 0.3) is 5.91 Å². The van der Waals surface area contributed by atoms with Crippen molar-refractivity contribution in [3.63, 3.8) is 0 Å². The number of nitrogens with zero attached hydrogens (tertiary/aromatic N) is 2. The second-order valence-corrected chi connectivity index (χ2v) is 10.4. The third-order valence-electron chi connectivity index (χ3n) is 5.36. The molecule has 0 aliphatic carbocycles. The molecule has 1 fully saturated rings. The van der Waals surface area contributed by atoms with Crippen LogP contribution in [-0.4, -0.2) is 30.6 Å². The summed E-state index contributed by atoms with van der Waals surface area (Å²) in [7, 11) is -4.06. The van der Waals surface area contributed by atoms with Crippen molar-refractivity contribution in [3.8, 4) is 0 Å². The zero-order valence-electron chi connectivity index (χ0n) is 17.3. The fourth-order valence-electron chi connectivity index (χ4n) is 3.67. The molecule has 32 heavy (non-hydrogen) atoms. The molecule has 0 radical (unpaired) electrons. The number of amides is 2. The Labute approximate surface area is 195 Å². The Balaban J connectivity index is 1.75. The number of anilines is 1. The monoisotopic (exact) mass is 512 g/mol. The summed E-state index contributed by atoms with van der Waals surface area (Å²) in [4.78, 5) is 27.2. The van der Waals surface area contributed by atoms with E-state index < -0.39 is 27.9 Å². The molecule has 1 atom stereocenters. The van der Waals surface area contributed by atoms with Gasteiger partial charge in [-0.3, -0.25) is 9.59 Å². The quantitative estimate of drug-likeness (QED) is 0.462. The van der Waals surface area contributed by atoms with E-state index in [1.165, 1.54) is 12.1 Å². The van der Waals surface area contributed by atoms with Gasteiger partial charge < -0.3 is 0 Å². The molecule has 6 nitrogen and oxygen atoms in total. The van der Waals surface area contributed by atoms with E-state index in [1.807, 2.05) is 31.2 Å². The van der Waals surface area contributed by atoms with E-state index in [-0.39, 0.29) is 17.9 Å². The van der Waals surface area contributed by atoms with Gasteiger partial charge in [0.2, 0.25) is 15.9 Å². The first-order valence-corrected chi connectivity index (χ1v) is 12.3. The number of hydrogen-bond donors (Lipinski definition) is 0. The minimum atomic E-state index is -4.06. The number of hydrogen-bond acceptors (Lipinski definition) is 4. The molecule has 0 bridgehead atoms. The second-order valence-electron chi connectivity index (χ2n) is 7.61. The molecular formula is C24H21BrN2O4S. The molecule has 0 spiro atoms. The smallest absolute Gasteiger partial charge is 0.252 e. The predicted octanol–water partition coefficient (Wildman–Crippen LogP) is 4.28. The summed E-state index contributed by atoms with van der Waals surface area (Å²) in [6.07, 6.45) is -0.213. The number of benzene rings is 3. The van der Waals surface area contributed by atoms with Crippen molar-refractivity contribution in [2.24, 2.45) is 0 Å². The molecular weight excluding hydrogens is 492 g/mol. The number of halogens is 1. The summed E-state index contributed by atoms with van der Waals surface area (Å²) in [5.74, 6) is -0.972. The molecule has 3 aromatic rings. The van der Waals surface area contributed by atoms with Crippen molar-refractivity contribution in [2.45, 2.75) is 30.8 Å². The Hall–Kier alpha value is -2.81. The van der Waals surface area contributed by atoms with Gasteiger partial charge in [0, 0.05) is 11.0 Å². The van der Waals surface area contributed by atoms with Crippen LogP contribution in [0.5, 0.6) is 0 Å². The van der Waals surface area contributed by atoms with E-state index in [0.717, 1.165) is 24.8 Å². The van der Waals surface area contributed by atoms with E-state index in [2.05, 4.69) is 15.9 Å². The predicted molar refractivity (Wildman–Crippen MR) is 125 cm³/mol. The summed E-state index contributed by atoms with van der Waals surface area (Å²) in [5.41, 5.74) is 2.20. The maximum Gasteiger partial charge on any atom is 0.252 e. The maximum atomic E-state index is 13.6. The normalized spacial score (nSPS) is 16.7. The third kappa shape index (κ3) is 4.39. The van der Waals surface area contributed by atoms with Crippen molar-refractivity contribution >= 4 is 43.5 Å². The first kappa shape index (κ1) is 22.4. The average Bonchev–Trinajstić information content (AvgIpc) is 3.07. The highest BCUT2D eigenvalue weighted by Gasteiger charge is 2.46. The van der Waals surface area contributed by atoms with Crippen molar-refractivity contribution in [3.05, 3.63) is 94.5 Å². The van der Waals surface area contributed by atoms with Gasteiger partial charge in [0.05, 0.1) is 17.0 Å². The van der Waals surface area contributed by atoms with E-state index >= 15 is 0 Å². The van der Waals surface area contributed by atoms with Crippen LogP contribution in [0.2, 0.25) is 0 Å². The lowest BCUT2D eigenvalue weighted by Gasteiger charge is -2.27. The van der Waals surface area contributed by atoms with Crippen molar-refractivity contribution < 1.29 is 18.0 Å². The lowest BCUT2D eigenvalue weighted by molar-refractivity contribution is -0.122. The Morgan fingerprint density at radius 3 is 2.19 bits per heavy atom. The molecule has 0 N–H and O–H groups in total. The van der Waals surface area contributed by atoms with Crippen LogP contribution in [-0.2, 0) is 26.2 Å². The fraction of sp³-hybridized carbons (Fsp3) is 0.167. The number of sulfonamides is 1. The van der Waals surface area contributed by atoms with Gasteiger partial charge in [-0.15, -0.1) is 0 Å².